The molecule has 2 aromatic carbocycles. The standard InChI is InChI=1S/C22H29NO3/c1-17(19-9-13-21(26-3)14-10-19)16-22(24)23-15-5-4-6-18-7-11-20(25-2)12-8-18/h7-14,17H,4-6,15-16H2,1-3H3,(H,23,24). The lowest BCUT2D eigenvalue weighted by Crippen LogP contribution is -2.25. The highest BCUT2D eigenvalue weighted by atomic mass is 16.5. The molecule has 1 N–H and O–H groups in total. The molecule has 1 unspecified atom stereocenters. The lowest BCUT2D eigenvalue weighted by Gasteiger charge is -2.12. The summed E-state index contributed by atoms with van der Waals surface area (Å²) in [7, 11) is 3.33. The molecule has 0 radical (unpaired) electrons. The van der Waals surface area contributed by atoms with Crippen LogP contribution in [-0.2, 0) is 11.2 Å². The Bertz CT molecular complexity index is 665. The minimum absolute atomic E-state index is 0.109. The molecule has 140 valence electrons. The van der Waals surface area contributed by atoms with Gasteiger partial charge in [0, 0.05) is 13.0 Å². The Morgan fingerprint density at radius 1 is 0.923 bits per heavy atom. The molecule has 0 aliphatic rings. The van der Waals surface area contributed by atoms with Gasteiger partial charge in [-0.1, -0.05) is 31.2 Å². The molecule has 1 amide bonds. The van der Waals surface area contributed by atoms with Crippen molar-refractivity contribution in [3.63, 3.8) is 0 Å². The largest absolute Gasteiger partial charge is 0.497 e. The van der Waals surface area contributed by atoms with E-state index in [1.165, 1.54) is 5.56 Å². The second-order valence-electron chi connectivity index (χ2n) is 6.53. The summed E-state index contributed by atoms with van der Waals surface area (Å²) in [4.78, 5) is 12.1. The van der Waals surface area contributed by atoms with Crippen LogP contribution in [0.5, 0.6) is 11.5 Å². The van der Waals surface area contributed by atoms with E-state index in [4.69, 9.17) is 9.47 Å². The number of nitrogens with one attached hydrogen (secondary N) is 1. The number of unbranched alkanes of at least 4 members (excludes halogenated alkanes) is 1. The first-order valence-electron chi connectivity index (χ1n) is 9.16. The Morgan fingerprint density at radius 2 is 1.50 bits per heavy atom. The topological polar surface area (TPSA) is 47.6 Å². The summed E-state index contributed by atoms with van der Waals surface area (Å²) in [6.45, 7) is 2.80. The maximum atomic E-state index is 12.1. The lowest BCUT2D eigenvalue weighted by atomic mass is 9.97. The zero-order chi connectivity index (χ0) is 18.8. The van der Waals surface area contributed by atoms with Gasteiger partial charge >= 0.3 is 0 Å². The number of carbonyl (C=O) groups is 1. The molecular formula is C22H29NO3. The van der Waals surface area contributed by atoms with Crippen molar-refractivity contribution >= 4 is 5.91 Å². The Kier molecular flexibility index (Phi) is 8.00. The van der Waals surface area contributed by atoms with Gasteiger partial charge in [0.1, 0.15) is 11.5 Å². The van der Waals surface area contributed by atoms with Crippen molar-refractivity contribution in [1.82, 2.24) is 5.32 Å². The third kappa shape index (κ3) is 6.43. The molecule has 0 saturated carbocycles. The van der Waals surface area contributed by atoms with E-state index in [0.717, 1.165) is 42.9 Å². The number of hydrogen-bond acceptors (Lipinski definition) is 3. The van der Waals surface area contributed by atoms with Gasteiger partial charge in [0.25, 0.3) is 0 Å². The maximum Gasteiger partial charge on any atom is 0.220 e. The van der Waals surface area contributed by atoms with Gasteiger partial charge in [-0.25, -0.2) is 0 Å². The van der Waals surface area contributed by atoms with Crippen LogP contribution in [0.1, 0.15) is 43.2 Å². The Hall–Kier alpha value is -2.49. The summed E-state index contributed by atoms with van der Waals surface area (Å²) < 4.78 is 10.3. The Balaban J connectivity index is 1.63. The van der Waals surface area contributed by atoms with Crippen molar-refractivity contribution in [3.05, 3.63) is 59.7 Å². The van der Waals surface area contributed by atoms with Crippen LogP contribution in [0.15, 0.2) is 48.5 Å². The molecule has 26 heavy (non-hydrogen) atoms. The molecule has 0 heterocycles. The minimum Gasteiger partial charge on any atom is -0.497 e. The fourth-order valence-corrected chi connectivity index (χ4v) is 2.87. The predicted molar refractivity (Wildman–Crippen MR) is 105 cm³/mol. The maximum absolute atomic E-state index is 12.1. The average molecular weight is 355 g/mol. The van der Waals surface area contributed by atoms with Crippen LogP contribution in [0.25, 0.3) is 0 Å². The zero-order valence-electron chi connectivity index (χ0n) is 16.0. The third-order valence-electron chi connectivity index (χ3n) is 4.55. The van der Waals surface area contributed by atoms with Crippen molar-refractivity contribution in [2.45, 2.75) is 38.5 Å². The zero-order valence-corrected chi connectivity index (χ0v) is 16.0. The molecule has 0 saturated heterocycles. The summed E-state index contributed by atoms with van der Waals surface area (Å²) in [6.07, 6.45) is 3.56. The molecule has 0 bridgehead atoms. The van der Waals surface area contributed by atoms with E-state index in [2.05, 4.69) is 24.4 Å². The Morgan fingerprint density at radius 3 is 2.08 bits per heavy atom. The van der Waals surface area contributed by atoms with E-state index in [-0.39, 0.29) is 11.8 Å². The average Bonchev–Trinajstić information content (AvgIpc) is 2.68. The predicted octanol–water partition coefficient (Wildman–Crippen LogP) is 4.34. The molecular weight excluding hydrogens is 326 g/mol. The normalized spacial score (nSPS) is 11.7. The first-order chi connectivity index (χ1) is 12.6. The second kappa shape index (κ2) is 10.5. The first-order valence-corrected chi connectivity index (χ1v) is 9.16. The summed E-state index contributed by atoms with van der Waals surface area (Å²) in [6, 6.07) is 16.1. The number of hydrogen-bond donors (Lipinski definition) is 1. The lowest BCUT2D eigenvalue weighted by molar-refractivity contribution is -0.121. The van der Waals surface area contributed by atoms with Gasteiger partial charge < -0.3 is 14.8 Å². The van der Waals surface area contributed by atoms with E-state index in [1.54, 1.807) is 14.2 Å². The van der Waals surface area contributed by atoms with Crippen LogP contribution < -0.4 is 14.8 Å². The fraction of sp³-hybridized carbons (Fsp3) is 0.409. The van der Waals surface area contributed by atoms with Crippen LogP contribution in [-0.4, -0.2) is 26.7 Å². The molecule has 2 aromatic rings. The number of methoxy groups -OCH3 is 2. The molecule has 1 atom stereocenters. The van der Waals surface area contributed by atoms with Gasteiger partial charge in [0.2, 0.25) is 5.91 Å². The van der Waals surface area contributed by atoms with Crippen LogP contribution >= 0.6 is 0 Å². The highest BCUT2D eigenvalue weighted by Crippen LogP contribution is 2.21. The van der Waals surface area contributed by atoms with E-state index in [9.17, 15) is 4.79 Å². The highest BCUT2D eigenvalue weighted by molar-refractivity contribution is 5.76. The van der Waals surface area contributed by atoms with Gasteiger partial charge in [0.05, 0.1) is 14.2 Å². The molecule has 0 fully saturated rings. The molecule has 4 nitrogen and oxygen atoms in total. The quantitative estimate of drug-likeness (QED) is 0.645. The SMILES string of the molecule is COc1ccc(CCCCNC(=O)CC(C)c2ccc(OC)cc2)cc1. The molecule has 0 spiro atoms. The number of aryl methyl sites for hydroxylation is 1. The van der Waals surface area contributed by atoms with Crippen molar-refractivity contribution in [3.8, 4) is 11.5 Å². The number of amides is 1. The fourth-order valence-electron chi connectivity index (χ4n) is 2.87. The van der Waals surface area contributed by atoms with Gasteiger partial charge in [0.15, 0.2) is 0 Å². The highest BCUT2D eigenvalue weighted by Gasteiger charge is 2.11. The minimum atomic E-state index is 0.109. The van der Waals surface area contributed by atoms with Crippen molar-refractivity contribution in [2.24, 2.45) is 0 Å². The Labute approximate surface area is 156 Å². The molecule has 0 aliphatic carbocycles. The number of benzene rings is 2. The van der Waals surface area contributed by atoms with Gasteiger partial charge in [-0.15, -0.1) is 0 Å². The van der Waals surface area contributed by atoms with E-state index in [1.807, 2.05) is 36.4 Å². The summed E-state index contributed by atoms with van der Waals surface area (Å²) in [5, 5.41) is 3.03. The van der Waals surface area contributed by atoms with Gasteiger partial charge in [-0.05, 0) is 60.6 Å². The van der Waals surface area contributed by atoms with E-state index < -0.39 is 0 Å². The molecule has 4 heteroatoms. The van der Waals surface area contributed by atoms with Crippen molar-refractivity contribution < 1.29 is 14.3 Å². The van der Waals surface area contributed by atoms with Crippen LogP contribution in [0.4, 0.5) is 0 Å². The smallest absolute Gasteiger partial charge is 0.220 e. The van der Waals surface area contributed by atoms with Crippen molar-refractivity contribution in [1.29, 1.82) is 0 Å². The third-order valence-corrected chi connectivity index (χ3v) is 4.55. The van der Waals surface area contributed by atoms with Crippen LogP contribution in [0.3, 0.4) is 0 Å². The summed E-state index contributed by atoms with van der Waals surface area (Å²) >= 11 is 0. The second-order valence-corrected chi connectivity index (χ2v) is 6.53. The number of rotatable bonds is 10. The summed E-state index contributed by atoms with van der Waals surface area (Å²) in [5.74, 6) is 2.02. The molecule has 0 aromatic heterocycles. The first kappa shape index (κ1) is 19.8. The van der Waals surface area contributed by atoms with Crippen molar-refractivity contribution in [2.75, 3.05) is 20.8 Å². The molecule has 2 rings (SSSR count). The van der Waals surface area contributed by atoms with Crippen LogP contribution in [0, 0.1) is 0 Å². The molecule has 0 aliphatic heterocycles. The number of ether oxygens (including phenoxy) is 2. The van der Waals surface area contributed by atoms with Gasteiger partial charge in [-0.2, -0.15) is 0 Å². The van der Waals surface area contributed by atoms with E-state index in [0.29, 0.717) is 6.42 Å². The summed E-state index contributed by atoms with van der Waals surface area (Å²) in [5.41, 5.74) is 2.45. The monoisotopic (exact) mass is 355 g/mol. The van der Waals surface area contributed by atoms with E-state index >= 15 is 0 Å². The van der Waals surface area contributed by atoms with Crippen LogP contribution in [0.2, 0.25) is 0 Å². The number of carbonyl (C=O) groups excluding carboxylic acids is 1. The van der Waals surface area contributed by atoms with Gasteiger partial charge in [-0.3, -0.25) is 4.79 Å².